The SMILES string of the molecule is CC1C=CC(C)C1.CC1CCC(C)C1. The summed E-state index contributed by atoms with van der Waals surface area (Å²) >= 11 is 0. The Morgan fingerprint density at radius 3 is 1.29 bits per heavy atom. The first-order chi connectivity index (χ1) is 6.58. The highest BCUT2D eigenvalue weighted by Crippen LogP contribution is 2.29. The summed E-state index contributed by atoms with van der Waals surface area (Å²) in [7, 11) is 0. The molecule has 0 aromatic carbocycles. The van der Waals surface area contributed by atoms with Gasteiger partial charge in [0.2, 0.25) is 0 Å². The number of hydrogen-bond donors (Lipinski definition) is 0. The third kappa shape index (κ3) is 4.30. The Bertz CT molecular complexity index is 162. The van der Waals surface area contributed by atoms with Crippen LogP contribution in [-0.2, 0) is 0 Å². The standard InChI is InChI=1S/C7H14.C7H12/c2*1-6-3-4-7(2)5-6/h6-7H,3-5H2,1-2H3;3-4,6-7H,5H2,1-2H3. The fourth-order valence-electron chi connectivity index (χ4n) is 2.61. The molecule has 0 amide bonds. The molecule has 82 valence electrons. The third-order valence-corrected chi connectivity index (χ3v) is 3.47. The first-order valence-corrected chi connectivity index (χ1v) is 6.26. The van der Waals surface area contributed by atoms with Gasteiger partial charge in [0, 0.05) is 0 Å². The monoisotopic (exact) mass is 194 g/mol. The second-order valence-corrected chi connectivity index (χ2v) is 5.60. The summed E-state index contributed by atoms with van der Waals surface area (Å²) in [5, 5.41) is 0. The van der Waals surface area contributed by atoms with Gasteiger partial charge in [-0.25, -0.2) is 0 Å². The van der Waals surface area contributed by atoms with Crippen LogP contribution < -0.4 is 0 Å². The Morgan fingerprint density at radius 2 is 1.14 bits per heavy atom. The lowest BCUT2D eigenvalue weighted by Gasteiger charge is -1.97. The van der Waals surface area contributed by atoms with Crippen molar-refractivity contribution >= 4 is 0 Å². The van der Waals surface area contributed by atoms with Crippen LogP contribution in [0.15, 0.2) is 12.2 Å². The van der Waals surface area contributed by atoms with Crippen LogP contribution in [0, 0.1) is 23.7 Å². The molecule has 4 unspecified atom stereocenters. The summed E-state index contributed by atoms with van der Waals surface area (Å²) in [6.45, 7) is 9.23. The summed E-state index contributed by atoms with van der Waals surface area (Å²) in [6, 6.07) is 0. The van der Waals surface area contributed by atoms with E-state index in [1.54, 1.807) is 0 Å². The van der Waals surface area contributed by atoms with E-state index < -0.39 is 0 Å². The zero-order valence-corrected chi connectivity index (χ0v) is 10.3. The van der Waals surface area contributed by atoms with Crippen LogP contribution in [0.5, 0.6) is 0 Å². The molecule has 4 atom stereocenters. The lowest BCUT2D eigenvalue weighted by Crippen LogP contribution is -1.86. The Kier molecular flexibility index (Phi) is 4.71. The average molecular weight is 194 g/mol. The van der Waals surface area contributed by atoms with Crippen molar-refractivity contribution in [3.05, 3.63) is 12.2 Å². The number of allylic oxidation sites excluding steroid dienone is 2. The van der Waals surface area contributed by atoms with E-state index in [2.05, 4.69) is 39.8 Å². The largest absolute Gasteiger partial charge is 0.0854 e. The summed E-state index contributed by atoms with van der Waals surface area (Å²) in [6.07, 6.45) is 10.4. The first kappa shape index (κ1) is 11.8. The molecule has 1 fully saturated rings. The van der Waals surface area contributed by atoms with Crippen LogP contribution in [0.1, 0.15) is 53.4 Å². The van der Waals surface area contributed by atoms with Crippen LogP contribution in [0.4, 0.5) is 0 Å². The van der Waals surface area contributed by atoms with E-state index in [-0.39, 0.29) is 0 Å². The van der Waals surface area contributed by atoms with E-state index in [0.717, 1.165) is 23.7 Å². The van der Waals surface area contributed by atoms with Crippen LogP contribution in [0.3, 0.4) is 0 Å². The van der Waals surface area contributed by atoms with Crippen molar-refractivity contribution in [1.82, 2.24) is 0 Å². The van der Waals surface area contributed by atoms with Crippen LogP contribution in [0.2, 0.25) is 0 Å². The van der Waals surface area contributed by atoms with Crippen LogP contribution in [0.25, 0.3) is 0 Å². The summed E-state index contributed by atoms with van der Waals surface area (Å²) in [5.41, 5.74) is 0. The van der Waals surface area contributed by atoms with E-state index in [0.29, 0.717) is 0 Å². The van der Waals surface area contributed by atoms with E-state index in [1.807, 2.05) is 0 Å². The van der Waals surface area contributed by atoms with Gasteiger partial charge in [-0.1, -0.05) is 52.7 Å². The molecule has 0 heteroatoms. The molecule has 0 aliphatic heterocycles. The number of rotatable bonds is 0. The van der Waals surface area contributed by atoms with Crippen molar-refractivity contribution in [2.45, 2.75) is 53.4 Å². The molecule has 0 nitrogen and oxygen atoms in total. The molecule has 2 rings (SSSR count). The fourth-order valence-corrected chi connectivity index (χ4v) is 2.61. The highest BCUT2D eigenvalue weighted by atomic mass is 14.2. The maximum atomic E-state index is 2.35. The Hall–Kier alpha value is -0.260. The van der Waals surface area contributed by atoms with Crippen molar-refractivity contribution in [3.63, 3.8) is 0 Å². The molecule has 0 heterocycles. The van der Waals surface area contributed by atoms with Crippen LogP contribution >= 0.6 is 0 Å². The molecule has 2 aliphatic rings. The van der Waals surface area contributed by atoms with Gasteiger partial charge in [-0.2, -0.15) is 0 Å². The molecule has 0 aromatic heterocycles. The van der Waals surface area contributed by atoms with Gasteiger partial charge in [-0.15, -0.1) is 0 Å². The second-order valence-electron chi connectivity index (χ2n) is 5.60. The van der Waals surface area contributed by atoms with Crippen molar-refractivity contribution < 1.29 is 0 Å². The Labute approximate surface area is 89.8 Å². The summed E-state index contributed by atoms with van der Waals surface area (Å²) in [5.74, 6) is 3.73. The fraction of sp³-hybridized carbons (Fsp3) is 0.857. The normalized spacial score (nSPS) is 40.9. The lowest BCUT2D eigenvalue weighted by molar-refractivity contribution is 0.555. The third-order valence-electron chi connectivity index (χ3n) is 3.47. The minimum absolute atomic E-state index is 0.843. The number of hydrogen-bond acceptors (Lipinski definition) is 0. The molecule has 0 aromatic rings. The molecule has 2 aliphatic carbocycles. The Morgan fingerprint density at radius 1 is 0.714 bits per heavy atom. The molecule has 1 saturated carbocycles. The van der Waals surface area contributed by atoms with Crippen molar-refractivity contribution in [3.8, 4) is 0 Å². The second kappa shape index (κ2) is 5.58. The maximum absolute atomic E-state index is 2.35. The van der Waals surface area contributed by atoms with E-state index in [9.17, 15) is 0 Å². The molecule has 0 radical (unpaired) electrons. The lowest BCUT2D eigenvalue weighted by atomic mass is 10.1. The van der Waals surface area contributed by atoms with Gasteiger partial charge in [0.05, 0.1) is 0 Å². The minimum atomic E-state index is 0.843. The van der Waals surface area contributed by atoms with E-state index in [4.69, 9.17) is 0 Å². The molecular weight excluding hydrogens is 168 g/mol. The topological polar surface area (TPSA) is 0 Å². The van der Waals surface area contributed by atoms with Gasteiger partial charge in [0.15, 0.2) is 0 Å². The van der Waals surface area contributed by atoms with Gasteiger partial charge in [-0.05, 0) is 36.5 Å². The predicted octanol–water partition coefficient (Wildman–Crippen LogP) is 4.66. The quantitative estimate of drug-likeness (QED) is 0.492. The molecule has 0 N–H and O–H groups in total. The van der Waals surface area contributed by atoms with Gasteiger partial charge in [0.25, 0.3) is 0 Å². The first-order valence-electron chi connectivity index (χ1n) is 6.26. The zero-order chi connectivity index (χ0) is 10.6. The van der Waals surface area contributed by atoms with Crippen LogP contribution in [-0.4, -0.2) is 0 Å². The van der Waals surface area contributed by atoms with E-state index >= 15 is 0 Å². The molecule has 0 bridgehead atoms. The van der Waals surface area contributed by atoms with Crippen molar-refractivity contribution in [2.24, 2.45) is 23.7 Å². The minimum Gasteiger partial charge on any atom is -0.0854 e. The van der Waals surface area contributed by atoms with Gasteiger partial charge in [-0.3, -0.25) is 0 Å². The molecule has 14 heavy (non-hydrogen) atoms. The summed E-state index contributed by atoms with van der Waals surface area (Å²) in [4.78, 5) is 0. The van der Waals surface area contributed by atoms with Crippen molar-refractivity contribution in [2.75, 3.05) is 0 Å². The van der Waals surface area contributed by atoms with Gasteiger partial charge in [0.1, 0.15) is 0 Å². The summed E-state index contributed by atoms with van der Waals surface area (Å²) < 4.78 is 0. The van der Waals surface area contributed by atoms with E-state index in [1.165, 1.54) is 25.7 Å². The Balaban J connectivity index is 0.000000140. The molecular formula is C14H26. The van der Waals surface area contributed by atoms with Crippen molar-refractivity contribution in [1.29, 1.82) is 0 Å². The zero-order valence-electron chi connectivity index (χ0n) is 10.3. The van der Waals surface area contributed by atoms with Gasteiger partial charge >= 0.3 is 0 Å². The highest BCUT2D eigenvalue weighted by molar-refractivity contribution is 4.98. The highest BCUT2D eigenvalue weighted by Gasteiger charge is 2.15. The molecule has 0 saturated heterocycles. The smallest absolute Gasteiger partial charge is 0.0256 e. The predicted molar refractivity (Wildman–Crippen MR) is 64.3 cm³/mol. The maximum Gasteiger partial charge on any atom is -0.0256 e. The van der Waals surface area contributed by atoms with Gasteiger partial charge < -0.3 is 0 Å². The average Bonchev–Trinajstić information content (AvgIpc) is 2.63. The molecule has 0 spiro atoms.